The van der Waals surface area contributed by atoms with Gasteiger partial charge in [-0.05, 0) is 49.2 Å². The SMILES string of the molecule is O[C@H]1[C@H](NCCc2nc3ccccc3s2)c2ccccc2C12CCNCC2. The van der Waals surface area contributed by atoms with Gasteiger partial charge in [-0.15, -0.1) is 11.3 Å². The Morgan fingerprint density at radius 2 is 1.89 bits per heavy atom. The number of nitrogens with zero attached hydrogens (tertiary/aromatic N) is 1. The molecule has 140 valence electrons. The Kier molecular flexibility index (Phi) is 4.48. The van der Waals surface area contributed by atoms with E-state index in [1.165, 1.54) is 15.8 Å². The Morgan fingerprint density at radius 3 is 2.74 bits per heavy atom. The van der Waals surface area contributed by atoms with Gasteiger partial charge in [0.05, 0.1) is 27.4 Å². The zero-order valence-electron chi connectivity index (χ0n) is 15.3. The van der Waals surface area contributed by atoms with Gasteiger partial charge in [0.25, 0.3) is 0 Å². The fourth-order valence-electron chi connectivity index (χ4n) is 4.89. The van der Waals surface area contributed by atoms with Crippen molar-refractivity contribution in [1.29, 1.82) is 0 Å². The summed E-state index contributed by atoms with van der Waals surface area (Å²) in [7, 11) is 0. The molecule has 4 nitrogen and oxygen atoms in total. The van der Waals surface area contributed by atoms with Crippen LogP contribution in [0.3, 0.4) is 0 Å². The highest BCUT2D eigenvalue weighted by Crippen LogP contribution is 2.49. The van der Waals surface area contributed by atoms with Crippen molar-refractivity contribution in [2.75, 3.05) is 19.6 Å². The molecule has 1 fully saturated rings. The number of fused-ring (bicyclic) bond motifs is 3. The lowest BCUT2D eigenvalue weighted by molar-refractivity contribution is 0.0445. The number of hydrogen-bond donors (Lipinski definition) is 3. The third-order valence-electron chi connectivity index (χ3n) is 6.25. The minimum Gasteiger partial charge on any atom is -0.390 e. The largest absolute Gasteiger partial charge is 0.390 e. The maximum Gasteiger partial charge on any atom is 0.0951 e. The second-order valence-corrected chi connectivity index (χ2v) is 8.81. The van der Waals surface area contributed by atoms with E-state index in [0.29, 0.717) is 0 Å². The van der Waals surface area contributed by atoms with E-state index in [1.807, 2.05) is 6.07 Å². The maximum absolute atomic E-state index is 11.3. The number of piperidine rings is 1. The van der Waals surface area contributed by atoms with Crippen LogP contribution in [0.5, 0.6) is 0 Å². The van der Waals surface area contributed by atoms with Crippen molar-refractivity contribution >= 4 is 21.6 Å². The van der Waals surface area contributed by atoms with Crippen molar-refractivity contribution in [3.63, 3.8) is 0 Å². The molecule has 5 heteroatoms. The van der Waals surface area contributed by atoms with Gasteiger partial charge in [-0.2, -0.15) is 0 Å². The second-order valence-electron chi connectivity index (χ2n) is 7.70. The van der Waals surface area contributed by atoms with Crippen LogP contribution in [0.4, 0.5) is 0 Å². The third kappa shape index (κ3) is 2.90. The van der Waals surface area contributed by atoms with Gasteiger partial charge in [-0.3, -0.25) is 0 Å². The summed E-state index contributed by atoms with van der Waals surface area (Å²) in [5.41, 5.74) is 3.60. The molecule has 3 N–H and O–H groups in total. The first kappa shape index (κ1) is 17.3. The molecular formula is C22H25N3OS. The van der Waals surface area contributed by atoms with Crippen LogP contribution in [-0.4, -0.2) is 35.8 Å². The monoisotopic (exact) mass is 379 g/mol. The number of nitrogens with one attached hydrogen (secondary N) is 2. The number of hydrogen-bond acceptors (Lipinski definition) is 5. The molecular weight excluding hydrogens is 354 g/mol. The normalized spacial score (nSPS) is 23.7. The molecule has 2 aromatic carbocycles. The molecule has 0 unspecified atom stereocenters. The molecule has 1 aliphatic carbocycles. The summed E-state index contributed by atoms with van der Waals surface area (Å²) < 4.78 is 1.24. The van der Waals surface area contributed by atoms with Crippen LogP contribution >= 0.6 is 11.3 Å². The molecule has 3 aromatic rings. The molecule has 1 aliphatic heterocycles. The van der Waals surface area contributed by atoms with Gasteiger partial charge in [0.2, 0.25) is 0 Å². The Morgan fingerprint density at radius 1 is 1.11 bits per heavy atom. The van der Waals surface area contributed by atoms with Gasteiger partial charge in [0, 0.05) is 18.4 Å². The van der Waals surface area contributed by atoms with Gasteiger partial charge in [0.15, 0.2) is 0 Å². The van der Waals surface area contributed by atoms with E-state index in [4.69, 9.17) is 4.98 Å². The standard InChI is InChI=1S/C22H25N3OS/c26-21-20(24-12-9-19-25-17-7-3-4-8-18(17)27-19)15-5-1-2-6-16(15)22(21)10-13-23-14-11-22/h1-8,20-21,23-24,26H,9-14H2/t20-,21+/m1/s1. The van der Waals surface area contributed by atoms with Crippen molar-refractivity contribution in [2.45, 2.75) is 36.8 Å². The average molecular weight is 380 g/mol. The molecule has 0 bridgehead atoms. The van der Waals surface area contributed by atoms with Crippen LogP contribution in [-0.2, 0) is 11.8 Å². The molecule has 0 radical (unpaired) electrons. The zero-order chi connectivity index (χ0) is 18.3. The predicted molar refractivity (Wildman–Crippen MR) is 110 cm³/mol. The molecule has 5 rings (SSSR count). The highest BCUT2D eigenvalue weighted by atomic mass is 32.1. The first-order valence-electron chi connectivity index (χ1n) is 9.84. The van der Waals surface area contributed by atoms with Crippen LogP contribution in [0.1, 0.15) is 35.0 Å². The summed E-state index contributed by atoms with van der Waals surface area (Å²) in [4.78, 5) is 4.73. The lowest BCUT2D eigenvalue weighted by Gasteiger charge is -2.39. The Labute approximate surface area is 163 Å². The van der Waals surface area contributed by atoms with E-state index in [2.05, 4.69) is 53.1 Å². The minimum absolute atomic E-state index is 0.00804. The molecule has 1 aromatic heterocycles. The molecule has 1 spiro atoms. The van der Waals surface area contributed by atoms with Crippen molar-refractivity contribution in [3.8, 4) is 0 Å². The van der Waals surface area contributed by atoms with E-state index in [9.17, 15) is 5.11 Å². The van der Waals surface area contributed by atoms with Crippen molar-refractivity contribution in [1.82, 2.24) is 15.6 Å². The first-order chi connectivity index (χ1) is 13.3. The maximum atomic E-state index is 11.3. The van der Waals surface area contributed by atoms with E-state index < -0.39 is 0 Å². The van der Waals surface area contributed by atoms with Crippen molar-refractivity contribution in [2.24, 2.45) is 0 Å². The van der Waals surface area contributed by atoms with Gasteiger partial charge in [-0.25, -0.2) is 4.98 Å². The van der Waals surface area contributed by atoms with E-state index >= 15 is 0 Å². The molecule has 2 aliphatic rings. The fraction of sp³-hybridized carbons (Fsp3) is 0.409. The highest BCUT2D eigenvalue weighted by Gasteiger charge is 2.51. The van der Waals surface area contributed by atoms with Crippen LogP contribution < -0.4 is 10.6 Å². The van der Waals surface area contributed by atoms with E-state index in [0.717, 1.165) is 49.4 Å². The number of aromatic nitrogens is 1. The highest BCUT2D eigenvalue weighted by molar-refractivity contribution is 7.18. The topological polar surface area (TPSA) is 57.2 Å². The van der Waals surface area contributed by atoms with E-state index in [1.54, 1.807) is 11.3 Å². The number of para-hydroxylation sites is 1. The minimum atomic E-state index is -0.368. The summed E-state index contributed by atoms with van der Waals surface area (Å²) in [5.74, 6) is 0. The quantitative estimate of drug-likeness (QED) is 0.652. The van der Waals surface area contributed by atoms with Crippen molar-refractivity contribution < 1.29 is 5.11 Å². The first-order valence-corrected chi connectivity index (χ1v) is 10.7. The Balaban J connectivity index is 1.34. The number of aliphatic hydroxyl groups is 1. The van der Waals surface area contributed by atoms with Gasteiger partial charge in [-0.1, -0.05) is 36.4 Å². The number of thiazole rings is 1. The van der Waals surface area contributed by atoms with Crippen LogP contribution in [0.2, 0.25) is 0 Å². The van der Waals surface area contributed by atoms with E-state index in [-0.39, 0.29) is 17.6 Å². The van der Waals surface area contributed by atoms with Gasteiger partial charge >= 0.3 is 0 Å². The third-order valence-corrected chi connectivity index (χ3v) is 7.35. The van der Waals surface area contributed by atoms with Crippen molar-refractivity contribution in [3.05, 3.63) is 64.7 Å². The summed E-state index contributed by atoms with van der Waals surface area (Å²) in [5, 5.41) is 19.5. The Hall–Kier alpha value is -1.79. The summed E-state index contributed by atoms with van der Waals surface area (Å²) in [6.07, 6.45) is 2.52. The predicted octanol–water partition coefficient (Wildman–Crippen LogP) is 3.17. The summed E-state index contributed by atoms with van der Waals surface area (Å²) in [6.45, 7) is 2.78. The molecule has 2 atom stereocenters. The second kappa shape index (κ2) is 6.99. The smallest absolute Gasteiger partial charge is 0.0951 e. The van der Waals surface area contributed by atoms with Gasteiger partial charge in [0.1, 0.15) is 0 Å². The average Bonchev–Trinajstić information content (AvgIpc) is 3.22. The summed E-state index contributed by atoms with van der Waals surface area (Å²) in [6, 6.07) is 16.9. The number of rotatable bonds is 4. The van der Waals surface area contributed by atoms with Crippen LogP contribution in [0, 0.1) is 0 Å². The molecule has 27 heavy (non-hydrogen) atoms. The van der Waals surface area contributed by atoms with Crippen LogP contribution in [0.15, 0.2) is 48.5 Å². The Bertz CT molecular complexity index is 914. The summed E-state index contributed by atoms with van der Waals surface area (Å²) >= 11 is 1.77. The molecule has 2 heterocycles. The van der Waals surface area contributed by atoms with Crippen LogP contribution in [0.25, 0.3) is 10.2 Å². The number of aliphatic hydroxyl groups excluding tert-OH is 1. The molecule has 0 amide bonds. The molecule has 0 saturated carbocycles. The molecule has 1 saturated heterocycles. The zero-order valence-corrected chi connectivity index (χ0v) is 16.1. The lowest BCUT2D eigenvalue weighted by Crippen LogP contribution is -2.48. The number of benzene rings is 2. The van der Waals surface area contributed by atoms with Gasteiger partial charge < -0.3 is 15.7 Å². The fourth-order valence-corrected chi connectivity index (χ4v) is 5.86. The lowest BCUT2D eigenvalue weighted by atomic mass is 9.72.